The van der Waals surface area contributed by atoms with Gasteiger partial charge in [0.1, 0.15) is 0 Å². The van der Waals surface area contributed by atoms with Crippen LogP contribution in [0.25, 0.3) is 54.9 Å². The lowest BCUT2D eigenvalue weighted by Gasteiger charge is -2.29. The smallest absolute Gasteiger partial charge is 0.0468 e. The lowest BCUT2D eigenvalue weighted by atomic mass is 9.82. The van der Waals surface area contributed by atoms with E-state index in [0.29, 0.717) is 0 Å². The molecule has 0 fully saturated rings. The van der Waals surface area contributed by atoms with Crippen molar-refractivity contribution in [3.8, 4) is 33.4 Å². The molecule has 0 heterocycles. The molecule has 2 aliphatic carbocycles. The van der Waals surface area contributed by atoms with E-state index in [1.807, 2.05) is 0 Å². The van der Waals surface area contributed by atoms with Crippen LogP contribution in [0.1, 0.15) is 49.9 Å². The molecular weight excluding hydrogens is 615 g/mol. The van der Waals surface area contributed by atoms with Crippen molar-refractivity contribution in [3.63, 3.8) is 0 Å². The van der Waals surface area contributed by atoms with E-state index in [4.69, 9.17) is 0 Å². The maximum Gasteiger partial charge on any atom is 0.0468 e. The first kappa shape index (κ1) is 29.9. The minimum absolute atomic E-state index is 0.0818. The fraction of sp³-hybridized carbons (Fsp3) is 0.120. The number of nitrogens with zero attached hydrogens (tertiary/aromatic N) is 1. The summed E-state index contributed by atoms with van der Waals surface area (Å²) in [6.07, 6.45) is 0. The van der Waals surface area contributed by atoms with Crippen molar-refractivity contribution < 1.29 is 0 Å². The van der Waals surface area contributed by atoms with Gasteiger partial charge in [-0.05, 0) is 126 Å². The molecule has 0 unspecified atom stereocenters. The molecule has 0 saturated carbocycles. The summed E-state index contributed by atoms with van der Waals surface area (Å²) in [5.41, 5.74) is 16.7. The van der Waals surface area contributed by atoms with Crippen molar-refractivity contribution in [2.75, 3.05) is 4.90 Å². The normalized spacial score (nSPS) is 14.6. The van der Waals surface area contributed by atoms with Crippen molar-refractivity contribution >= 4 is 38.6 Å². The Balaban J connectivity index is 1.15. The number of fused-ring (bicyclic) bond motifs is 8. The van der Waals surface area contributed by atoms with Crippen LogP contribution >= 0.6 is 0 Å². The van der Waals surface area contributed by atoms with Gasteiger partial charge in [-0.1, -0.05) is 143 Å². The van der Waals surface area contributed by atoms with Gasteiger partial charge in [0.25, 0.3) is 0 Å². The van der Waals surface area contributed by atoms with E-state index in [-0.39, 0.29) is 10.8 Å². The molecule has 10 rings (SSSR count). The largest absolute Gasteiger partial charge is 0.310 e. The summed E-state index contributed by atoms with van der Waals surface area (Å²) in [6.45, 7) is 9.47. The molecule has 0 saturated heterocycles. The molecule has 1 heteroatoms. The van der Waals surface area contributed by atoms with Crippen LogP contribution in [0.2, 0.25) is 0 Å². The fourth-order valence-corrected chi connectivity index (χ4v) is 9.11. The second kappa shape index (κ2) is 10.8. The number of benzene rings is 8. The third-order valence-electron chi connectivity index (χ3n) is 11.8. The van der Waals surface area contributed by atoms with Gasteiger partial charge in [0.05, 0.1) is 0 Å². The first-order chi connectivity index (χ1) is 24.8. The van der Waals surface area contributed by atoms with Crippen LogP contribution in [0.4, 0.5) is 17.1 Å². The Bertz CT molecular complexity index is 2690. The van der Waals surface area contributed by atoms with Gasteiger partial charge in [0.2, 0.25) is 0 Å². The zero-order chi connectivity index (χ0) is 34.5. The van der Waals surface area contributed by atoms with E-state index < -0.39 is 0 Å². The second-order valence-electron chi connectivity index (χ2n) is 15.4. The third kappa shape index (κ3) is 4.41. The maximum atomic E-state index is 2.46. The van der Waals surface area contributed by atoms with Crippen LogP contribution < -0.4 is 4.90 Å². The highest BCUT2D eigenvalue weighted by Gasteiger charge is 2.38. The van der Waals surface area contributed by atoms with Crippen LogP contribution in [0.3, 0.4) is 0 Å². The van der Waals surface area contributed by atoms with Crippen LogP contribution in [-0.4, -0.2) is 0 Å². The van der Waals surface area contributed by atoms with E-state index in [2.05, 4.69) is 196 Å². The second-order valence-corrected chi connectivity index (χ2v) is 15.4. The molecule has 8 aromatic carbocycles. The van der Waals surface area contributed by atoms with Gasteiger partial charge in [0.15, 0.2) is 0 Å². The average molecular weight is 654 g/mol. The standard InChI is InChI=1S/C50H39N/c1-49(2)45-19-10-9-17-41(45)42-26-24-38(31-48(42)49)51(36-22-20-33(21-23-36)40-18-11-15-32-12-7-8-16-39(32)40)37-25-27-46-44(30-37)43-28-34-13-5-6-14-35(34)29-47(43)50(46,3)4/h5-31H,1-4H3. The Labute approximate surface area is 300 Å². The van der Waals surface area contributed by atoms with E-state index in [1.165, 1.54) is 82.9 Å². The van der Waals surface area contributed by atoms with Crippen LogP contribution in [-0.2, 0) is 10.8 Å². The Morgan fingerprint density at radius 2 is 0.863 bits per heavy atom. The summed E-state index contributed by atoms with van der Waals surface area (Å²) in [7, 11) is 0. The van der Waals surface area contributed by atoms with Gasteiger partial charge in [0, 0.05) is 27.9 Å². The highest BCUT2D eigenvalue weighted by molar-refractivity contribution is 5.98. The minimum Gasteiger partial charge on any atom is -0.310 e. The maximum absolute atomic E-state index is 2.46. The highest BCUT2D eigenvalue weighted by atomic mass is 15.1. The van der Waals surface area contributed by atoms with Gasteiger partial charge >= 0.3 is 0 Å². The van der Waals surface area contributed by atoms with E-state index in [1.54, 1.807) is 0 Å². The van der Waals surface area contributed by atoms with Crippen molar-refractivity contribution in [3.05, 3.63) is 186 Å². The van der Waals surface area contributed by atoms with Crippen molar-refractivity contribution in [2.45, 2.75) is 38.5 Å². The van der Waals surface area contributed by atoms with Crippen LogP contribution in [0.15, 0.2) is 164 Å². The van der Waals surface area contributed by atoms with Crippen LogP contribution in [0, 0.1) is 0 Å². The summed E-state index contributed by atoms with van der Waals surface area (Å²) in [5.74, 6) is 0. The molecule has 8 aromatic rings. The van der Waals surface area contributed by atoms with Crippen molar-refractivity contribution in [1.82, 2.24) is 0 Å². The third-order valence-corrected chi connectivity index (χ3v) is 11.8. The summed E-state index contributed by atoms with van der Waals surface area (Å²) >= 11 is 0. The quantitative estimate of drug-likeness (QED) is 0.183. The summed E-state index contributed by atoms with van der Waals surface area (Å²) < 4.78 is 0. The predicted octanol–water partition coefficient (Wildman–Crippen LogP) is 13.7. The first-order valence-corrected chi connectivity index (χ1v) is 18.1. The molecule has 1 nitrogen and oxygen atoms in total. The lowest BCUT2D eigenvalue weighted by Crippen LogP contribution is -2.17. The molecule has 0 atom stereocenters. The van der Waals surface area contributed by atoms with Gasteiger partial charge in [-0.3, -0.25) is 0 Å². The van der Waals surface area contributed by atoms with E-state index >= 15 is 0 Å². The summed E-state index contributed by atoms with van der Waals surface area (Å²) in [5, 5.41) is 5.12. The molecule has 0 radical (unpaired) electrons. The monoisotopic (exact) mass is 653 g/mol. The minimum atomic E-state index is -0.0895. The SMILES string of the molecule is CC1(C)c2ccccc2-c2ccc(N(c3ccc(-c4cccc5ccccc45)cc3)c3ccc4c(c3)-c3cc5ccccc5cc3C4(C)C)cc21. The lowest BCUT2D eigenvalue weighted by molar-refractivity contribution is 0.660. The van der Waals surface area contributed by atoms with Gasteiger partial charge < -0.3 is 4.90 Å². The molecule has 0 bridgehead atoms. The molecule has 244 valence electrons. The highest BCUT2D eigenvalue weighted by Crippen LogP contribution is 2.53. The molecule has 0 aromatic heterocycles. The van der Waals surface area contributed by atoms with Crippen molar-refractivity contribution in [1.29, 1.82) is 0 Å². The Morgan fingerprint density at radius 1 is 0.333 bits per heavy atom. The molecule has 0 amide bonds. The number of hydrogen-bond donors (Lipinski definition) is 0. The fourth-order valence-electron chi connectivity index (χ4n) is 9.11. The molecule has 0 N–H and O–H groups in total. The number of rotatable bonds is 4. The summed E-state index contributed by atoms with van der Waals surface area (Å²) in [4.78, 5) is 2.46. The molecule has 2 aliphatic rings. The molecular formula is C50H39N. The Hall–Kier alpha value is -5.92. The predicted molar refractivity (Wildman–Crippen MR) is 217 cm³/mol. The summed E-state index contributed by atoms with van der Waals surface area (Å²) in [6, 6.07) is 61.1. The van der Waals surface area contributed by atoms with E-state index in [0.717, 1.165) is 11.4 Å². The number of hydrogen-bond acceptors (Lipinski definition) is 1. The Kier molecular flexibility index (Phi) is 6.34. The van der Waals surface area contributed by atoms with Crippen molar-refractivity contribution in [2.24, 2.45) is 0 Å². The molecule has 0 spiro atoms. The Morgan fingerprint density at radius 3 is 1.67 bits per heavy atom. The van der Waals surface area contributed by atoms with Crippen LogP contribution in [0.5, 0.6) is 0 Å². The number of anilines is 3. The van der Waals surface area contributed by atoms with Gasteiger partial charge in [-0.2, -0.15) is 0 Å². The zero-order valence-corrected chi connectivity index (χ0v) is 29.5. The first-order valence-electron chi connectivity index (χ1n) is 18.1. The zero-order valence-electron chi connectivity index (χ0n) is 29.5. The topological polar surface area (TPSA) is 3.24 Å². The average Bonchev–Trinajstić information content (AvgIpc) is 3.52. The molecule has 0 aliphatic heterocycles. The van der Waals surface area contributed by atoms with Gasteiger partial charge in [-0.15, -0.1) is 0 Å². The molecule has 51 heavy (non-hydrogen) atoms. The van der Waals surface area contributed by atoms with E-state index in [9.17, 15) is 0 Å². The van der Waals surface area contributed by atoms with Gasteiger partial charge in [-0.25, -0.2) is 0 Å².